The second-order valence-electron chi connectivity index (χ2n) is 3.34. The number of rotatable bonds is 3. The summed E-state index contributed by atoms with van der Waals surface area (Å²) in [6, 6.07) is 5.80. The molecule has 1 aromatic carbocycles. The van der Waals surface area contributed by atoms with Gasteiger partial charge in [0.2, 0.25) is 0 Å². The summed E-state index contributed by atoms with van der Waals surface area (Å²) in [6.45, 7) is 3.89. The highest BCUT2D eigenvalue weighted by Gasteiger charge is 2.05. The summed E-state index contributed by atoms with van der Waals surface area (Å²) in [4.78, 5) is 10.5. The largest absolute Gasteiger partial charge is 0.303 e. The van der Waals surface area contributed by atoms with E-state index in [4.69, 9.17) is 11.6 Å². The van der Waals surface area contributed by atoms with Crippen molar-refractivity contribution in [1.82, 2.24) is 0 Å². The molecule has 0 fully saturated rings. The van der Waals surface area contributed by atoms with Crippen LogP contribution in [0.4, 0.5) is 0 Å². The van der Waals surface area contributed by atoms with Gasteiger partial charge in [0, 0.05) is 10.9 Å². The minimum atomic E-state index is 0.0668. The van der Waals surface area contributed by atoms with E-state index in [1.54, 1.807) is 0 Å². The molecule has 0 N–H and O–H groups in total. The van der Waals surface area contributed by atoms with Gasteiger partial charge < -0.3 is 4.79 Å². The maximum atomic E-state index is 10.5. The van der Waals surface area contributed by atoms with E-state index in [0.29, 0.717) is 0 Å². The molecule has 0 saturated carbocycles. The van der Waals surface area contributed by atoms with Crippen LogP contribution in [0, 0.1) is 12.8 Å². The third kappa shape index (κ3) is 2.56. The first kappa shape index (κ1) is 10.3. The minimum absolute atomic E-state index is 0.0668. The van der Waals surface area contributed by atoms with Crippen LogP contribution in [0.3, 0.4) is 0 Å². The molecule has 1 rings (SSSR count). The van der Waals surface area contributed by atoms with Gasteiger partial charge in [0.15, 0.2) is 0 Å². The highest BCUT2D eigenvalue weighted by molar-refractivity contribution is 6.31. The number of carbonyl (C=O) groups excluding carboxylic acids is 1. The molecule has 1 atom stereocenters. The zero-order valence-corrected chi connectivity index (χ0v) is 8.64. The van der Waals surface area contributed by atoms with E-state index in [0.717, 1.165) is 28.9 Å². The van der Waals surface area contributed by atoms with Gasteiger partial charge in [-0.1, -0.05) is 30.7 Å². The summed E-state index contributed by atoms with van der Waals surface area (Å²) >= 11 is 5.95. The average molecular weight is 197 g/mol. The molecular formula is C11H13ClO. The molecule has 0 heterocycles. The van der Waals surface area contributed by atoms with E-state index in [1.165, 1.54) is 0 Å². The summed E-state index contributed by atoms with van der Waals surface area (Å²) in [5.74, 6) is 0.0668. The lowest BCUT2D eigenvalue weighted by Gasteiger charge is -2.08. The number of halogens is 1. The van der Waals surface area contributed by atoms with Gasteiger partial charge in [-0.3, -0.25) is 0 Å². The fourth-order valence-corrected chi connectivity index (χ4v) is 1.46. The molecule has 13 heavy (non-hydrogen) atoms. The first-order valence-electron chi connectivity index (χ1n) is 4.34. The Morgan fingerprint density at radius 2 is 2.23 bits per heavy atom. The summed E-state index contributed by atoms with van der Waals surface area (Å²) in [7, 11) is 0. The summed E-state index contributed by atoms with van der Waals surface area (Å²) in [5.41, 5.74) is 2.24. The third-order valence-electron chi connectivity index (χ3n) is 2.15. The number of hydrogen-bond donors (Lipinski definition) is 0. The van der Waals surface area contributed by atoms with Gasteiger partial charge in [0.25, 0.3) is 0 Å². The summed E-state index contributed by atoms with van der Waals surface area (Å²) in [6.07, 6.45) is 1.75. The molecule has 70 valence electrons. The Kier molecular flexibility index (Phi) is 3.49. The molecule has 0 aliphatic rings. The standard InChI is InChI=1S/C11H13ClO/c1-8(7-13)6-10-4-3-5-11(12)9(10)2/h3-5,7-8H,6H2,1-2H3. The predicted molar refractivity (Wildman–Crippen MR) is 55.1 cm³/mol. The lowest BCUT2D eigenvalue weighted by Crippen LogP contribution is -2.02. The molecule has 0 saturated heterocycles. The van der Waals surface area contributed by atoms with E-state index in [-0.39, 0.29) is 5.92 Å². The van der Waals surface area contributed by atoms with Crippen LogP contribution in [0.15, 0.2) is 18.2 Å². The predicted octanol–water partition coefficient (Wildman–Crippen LogP) is 3.03. The Balaban J connectivity index is 2.88. The second kappa shape index (κ2) is 4.43. The fourth-order valence-electron chi connectivity index (χ4n) is 1.27. The Bertz CT molecular complexity index is 307. The third-order valence-corrected chi connectivity index (χ3v) is 2.56. The summed E-state index contributed by atoms with van der Waals surface area (Å²) in [5, 5.41) is 0.774. The van der Waals surface area contributed by atoms with E-state index in [9.17, 15) is 4.79 Å². The van der Waals surface area contributed by atoms with Gasteiger partial charge in [0.1, 0.15) is 6.29 Å². The van der Waals surface area contributed by atoms with Gasteiger partial charge in [-0.2, -0.15) is 0 Å². The van der Waals surface area contributed by atoms with Crippen LogP contribution in [-0.2, 0) is 11.2 Å². The van der Waals surface area contributed by atoms with Crippen molar-refractivity contribution in [2.24, 2.45) is 5.92 Å². The number of carbonyl (C=O) groups is 1. The zero-order valence-electron chi connectivity index (χ0n) is 7.88. The first-order valence-corrected chi connectivity index (χ1v) is 4.72. The van der Waals surface area contributed by atoms with Gasteiger partial charge in [-0.15, -0.1) is 0 Å². The highest BCUT2D eigenvalue weighted by atomic mass is 35.5. The Morgan fingerprint density at radius 3 is 2.85 bits per heavy atom. The molecule has 0 radical (unpaired) electrons. The fraction of sp³-hybridized carbons (Fsp3) is 0.364. The van der Waals surface area contributed by atoms with Crippen LogP contribution in [-0.4, -0.2) is 6.29 Å². The molecule has 1 unspecified atom stereocenters. The topological polar surface area (TPSA) is 17.1 Å². The highest BCUT2D eigenvalue weighted by Crippen LogP contribution is 2.20. The van der Waals surface area contributed by atoms with E-state index in [2.05, 4.69) is 0 Å². The Hall–Kier alpha value is -0.820. The van der Waals surface area contributed by atoms with E-state index >= 15 is 0 Å². The lowest BCUT2D eigenvalue weighted by atomic mass is 9.98. The van der Waals surface area contributed by atoms with Crippen molar-refractivity contribution in [1.29, 1.82) is 0 Å². The maximum Gasteiger partial charge on any atom is 0.123 e. The molecule has 0 bridgehead atoms. The van der Waals surface area contributed by atoms with Crippen molar-refractivity contribution in [3.8, 4) is 0 Å². The summed E-state index contributed by atoms with van der Waals surface area (Å²) < 4.78 is 0. The normalized spacial score (nSPS) is 12.5. The SMILES string of the molecule is Cc1c(Cl)cccc1CC(C)C=O. The minimum Gasteiger partial charge on any atom is -0.303 e. The second-order valence-corrected chi connectivity index (χ2v) is 3.75. The Morgan fingerprint density at radius 1 is 1.54 bits per heavy atom. The molecule has 0 aliphatic carbocycles. The molecule has 0 aromatic heterocycles. The number of benzene rings is 1. The van der Waals surface area contributed by atoms with Gasteiger partial charge >= 0.3 is 0 Å². The maximum absolute atomic E-state index is 10.5. The van der Waals surface area contributed by atoms with Crippen LogP contribution in [0.25, 0.3) is 0 Å². The van der Waals surface area contributed by atoms with Crippen molar-refractivity contribution >= 4 is 17.9 Å². The molecule has 0 spiro atoms. The molecule has 0 aliphatic heterocycles. The van der Waals surface area contributed by atoms with Gasteiger partial charge in [-0.25, -0.2) is 0 Å². The van der Waals surface area contributed by atoms with Crippen molar-refractivity contribution in [3.05, 3.63) is 34.3 Å². The quantitative estimate of drug-likeness (QED) is 0.680. The lowest BCUT2D eigenvalue weighted by molar-refractivity contribution is -0.110. The van der Waals surface area contributed by atoms with Crippen molar-refractivity contribution in [2.75, 3.05) is 0 Å². The van der Waals surface area contributed by atoms with Gasteiger partial charge in [-0.05, 0) is 30.5 Å². The number of hydrogen-bond acceptors (Lipinski definition) is 1. The van der Waals surface area contributed by atoms with E-state index < -0.39 is 0 Å². The van der Waals surface area contributed by atoms with Crippen LogP contribution < -0.4 is 0 Å². The molecule has 1 aromatic rings. The average Bonchev–Trinajstić information content (AvgIpc) is 2.13. The van der Waals surface area contributed by atoms with E-state index in [1.807, 2.05) is 32.0 Å². The zero-order chi connectivity index (χ0) is 9.84. The van der Waals surface area contributed by atoms with Crippen LogP contribution >= 0.6 is 11.6 Å². The molecule has 2 heteroatoms. The monoisotopic (exact) mass is 196 g/mol. The molecular weight excluding hydrogens is 184 g/mol. The smallest absolute Gasteiger partial charge is 0.123 e. The van der Waals surface area contributed by atoms with Crippen molar-refractivity contribution < 1.29 is 4.79 Å². The van der Waals surface area contributed by atoms with Crippen molar-refractivity contribution in [3.63, 3.8) is 0 Å². The van der Waals surface area contributed by atoms with Gasteiger partial charge in [0.05, 0.1) is 0 Å². The Labute approximate surface area is 83.7 Å². The molecule has 1 nitrogen and oxygen atoms in total. The van der Waals surface area contributed by atoms with Crippen LogP contribution in [0.1, 0.15) is 18.1 Å². The van der Waals surface area contributed by atoms with Crippen molar-refractivity contribution in [2.45, 2.75) is 20.3 Å². The van der Waals surface area contributed by atoms with Crippen LogP contribution in [0.5, 0.6) is 0 Å². The number of aldehydes is 1. The molecule has 0 amide bonds. The first-order chi connectivity index (χ1) is 6.15. The van der Waals surface area contributed by atoms with Crippen LogP contribution in [0.2, 0.25) is 5.02 Å².